The Morgan fingerprint density at radius 2 is 2.05 bits per heavy atom. The number of ether oxygens (including phenoxy) is 1. The molecule has 1 N–H and O–H groups in total. The second-order valence-corrected chi connectivity index (χ2v) is 5.42. The molecule has 0 unspecified atom stereocenters. The van der Waals surface area contributed by atoms with Gasteiger partial charge in [0, 0.05) is 26.0 Å². The van der Waals surface area contributed by atoms with Crippen LogP contribution in [0.2, 0.25) is 0 Å². The second-order valence-electron chi connectivity index (χ2n) is 5.42. The van der Waals surface area contributed by atoms with Crippen LogP contribution < -0.4 is 5.32 Å². The van der Waals surface area contributed by atoms with Crippen LogP contribution in [0.5, 0.6) is 0 Å². The molecule has 2 amide bonds. The van der Waals surface area contributed by atoms with Gasteiger partial charge < -0.3 is 15.0 Å². The number of aromatic nitrogens is 1. The van der Waals surface area contributed by atoms with Gasteiger partial charge in [-0.05, 0) is 24.0 Å². The lowest BCUT2D eigenvalue weighted by atomic mass is 10.1. The summed E-state index contributed by atoms with van der Waals surface area (Å²) in [4.78, 5) is 29.4. The number of urea groups is 1. The number of amides is 2. The molecular formula is C15H23N3O3. The van der Waals surface area contributed by atoms with E-state index in [1.807, 2.05) is 26.8 Å². The number of hydrogen-bond donors (Lipinski definition) is 1. The van der Waals surface area contributed by atoms with Crippen LogP contribution in [0, 0.1) is 12.8 Å². The van der Waals surface area contributed by atoms with E-state index in [-0.39, 0.29) is 11.9 Å². The lowest BCUT2D eigenvalue weighted by Crippen LogP contribution is -2.49. The van der Waals surface area contributed by atoms with E-state index in [0.29, 0.717) is 6.54 Å². The summed E-state index contributed by atoms with van der Waals surface area (Å²) < 4.78 is 4.71. The van der Waals surface area contributed by atoms with Crippen molar-refractivity contribution < 1.29 is 14.3 Å². The molecule has 1 aromatic rings. The van der Waals surface area contributed by atoms with E-state index < -0.39 is 12.0 Å². The molecule has 1 rings (SSSR count). The summed E-state index contributed by atoms with van der Waals surface area (Å²) in [7, 11) is 2.98. The van der Waals surface area contributed by atoms with Gasteiger partial charge in [0.15, 0.2) is 0 Å². The summed E-state index contributed by atoms with van der Waals surface area (Å²) >= 11 is 0. The summed E-state index contributed by atoms with van der Waals surface area (Å²) in [5, 5.41) is 2.69. The molecular weight excluding hydrogens is 270 g/mol. The zero-order valence-electron chi connectivity index (χ0n) is 13.2. The Hall–Kier alpha value is -2.11. The van der Waals surface area contributed by atoms with Crippen LogP contribution in [0.4, 0.5) is 4.79 Å². The molecule has 6 nitrogen and oxygen atoms in total. The molecule has 21 heavy (non-hydrogen) atoms. The van der Waals surface area contributed by atoms with Crippen molar-refractivity contribution in [2.24, 2.45) is 5.92 Å². The van der Waals surface area contributed by atoms with Crippen LogP contribution in [0.15, 0.2) is 18.5 Å². The minimum atomic E-state index is -0.652. The van der Waals surface area contributed by atoms with Crippen molar-refractivity contribution >= 4 is 12.0 Å². The Kier molecular flexibility index (Phi) is 6.14. The number of carbonyl (C=O) groups is 2. The van der Waals surface area contributed by atoms with E-state index >= 15 is 0 Å². The van der Waals surface area contributed by atoms with Crippen LogP contribution in [0.3, 0.4) is 0 Å². The normalized spacial score (nSPS) is 11.9. The fourth-order valence-electron chi connectivity index (χ4n) is 1.92. The predicted molar refractivity (Wildman–Crippen MR) is 79.6 cm³/mol. The maximum absolute atomic E-state index is 12.2. The molecule has 0 aliphatic carbocycles. The van der Waals surface area contributed by atoms with Gasteiger partial charge in [0.2, 0.25) is 0 Å². The van der Waals surface area contributed by atoms with Gasteiger partial charge in [0.1, 0.15) is 6.04 Å². The highest BCUT2D eigenvalue weighted by Crippen LogP contribution is 2.07. The molecule has 6 heteroatoms. The monoisotopic (exact) mass is 293 g/mol. The molecule has 0 fully saturated rings. The summed E-state index contributed by atoms with van der Waals surface area (Å²) in [6.07, 6.45) is 3.48. The predicted octanol–water partition coefficient (Wildman–Crippen LogP) is 1.73. The van der Waals surface area contributed by atoms with Crippen molar-refractivity contribution in [3.8, 4) is 0 Å². The van der Waals surface area contributed by atoms with E-state index in [4.69, 9.17) is 4.74 Å². The van der Waals surface area contributed by atoms with E-state index in [9.17, 15) is 9.59 Å². The molecule has 0 saturated heterocycles. The largest absolute Gasteiger partial charge is 0.467 e. The third-order valence-corrected chi connectivity index (χ3v) is 3.10. The summed E-state index contributed by atoms with van der Waals surface area (Å²) in [6, 6.07) is 0.998. The first-order valence-corrected chi connectivity index (χ1v) is 6.85. The summed E-state index contributed by atoms with van der Waals surface area (Å²) in [6.45, 7) is 6.08. The van der Waals surface area contributed by atoms with Crippen LogP contribution >= 0.6 is 0 Å². The maximum atomic E-state index is 12.2. The molecule has 0 bridgehead atoms. The number of methoxy groups -OCH3 is 1. The molecule has 0 saturated carbocycles. The Morgan fingerprint density at radius 3 is 2.57 bits per heavy atom. The molecule has 0 aliphatic rings. The molecule has 0 spiro atoms. The van der Waals surface area contributed by atoms with Gasteiger partial charge in [-0.2, -0.15) is 0 Å². The minimum Gasteiger partial charge on any atom is -0.467 e. The third kappa shape index (κ3) is 5.06. The van der Waals surface area contributed by atoms with E-state index in [2.05, 4.69) is 10.3 Å². The first-order valence-electron chi connectivity index (χ1n) is 6.85. The van der Waals surface area contributed by atoms with Crippen LogP contribution in [-0.4, -0.2) is 42.1 Å². The number of nitrogens with one attached hydrogen (secondary N) is 1. The van der Waals surface area contributed by atoms with Crippen LogP contribution in [-0.2, 0) is 16.1 Å². The Bertz CT molecular complexity index is 503. The average Bonchev–Trinajstić information content (AvgIpc) is 2.43. The van der Waals surface area contributed by atoms with Gasteiger partial charge in [0.05, 0.1) is 7.11 Å². The number of aryl methyl sites for hydroxylation is 1. The second kappa shape index (κ2) is 7.61. The summed E-state index contributed by atoms with van der Waals surface area (Å²) in [5.41, 5.74) is 1.97. The quantitative estimate of drug-likeness (QED) is 0.839. The number of hydrogen-bond acceptors (Lipinski definition) is 4. The highest BCUT2D eigenvalue weighted by molar-refractivity contribution is 5.83. The van der Waals surface area contributed by atoms with Gasteiger partial charge in [-0.3, -0.25) is 4.98 Å². The average molecular weight is 293 g/mol. The van der Waals surface area contributed by atoms with E-state index in [1.165, 1.54) is 12.0 Å². The molecule has 1 aromatic heterocycles. The Balaban J connectivity index is 2.67. The number of nitrogens with zero attached hydrogens (tertiary/aromatic N) is 2. The van der Waals surface area contributed by atoms with Gasteiger partial charge in [0.25, 0.3) is 0 Å². The first kappa shape index (κ1) is 16.9. The standard InChI is InChI=1S/C15H23N3O3/c1-10(2)13(14(19)21-5)17-15(20)18(4)9-12-6-11(3)7-16-8-12/h6-8,10,13H,9H2,1-5H3,(H,17,20)/t13-/m0/s1. The smallest absolute Gasteiger partial charge is 0.328 e. The van der Waals surface area contributed by atoms with Gasteiger partial charge in [-0.15, -0.1) is 0 Å². The molecule has 0 aliphatic heterocycles. The number of carbonyl (C=O) groups excluding carboxylic acids is 2. The Labute approximate surface area is 125 Å². The highest BCUT2D eigenvalue weighted by Gasteiger charge is 2.26. The van der Waals surface area contributed by atoms with Gasteiger partial charge >= 0.3 is 12.0 Å². The number of pyridine rings is 1. The Morgan fingerprint density at radius 1 is 1.38 bits per heavy atom. The highest BCUT2D eigenvalue weighted by atomic mass is 16.5. The zero-order valence-corrected chi connectivity index (χ0v) is 13.2. The lowest BCUT2D eigenvalue weighted by Gasteiger charge is -2.24. The van der Waals surface area contributed by atoms with Crippen molar-refractivity contribution in [1.29, 1.82) is 0 Å². The fourth-order valence-corrected chi connectivity index (χ4v) is 1.92. The van der Waals surface area contributed by atoms with Crippen LogP contribution in [0.1, 0.15) is 25.0 Å². The first-order chi connectivity index (χ1) is 9.85. The van der Waals surface area contributed by atoms with E-state index in [0.717, 1.165) is 11.1 Å². The van der Waals surface area contributed by atoms with Crippen molar-refractivity contribution in [3.63, 3.8) is 0 Å². The maximum Gasteiger partial charge on any atom is 0.328 e. The molecule has 116 valence electrons. The van der Waals surface area contributed by atoms with Gasteiger partial charge in [-0.25, -0.2) is 9.59 Å². The minimum absolute atomic E-state index is 0.0459. The SMILES string of the molecule is COC(=O)[C@@H](NC(=O)N(C)Cc1cncc(C)c1)C(C)C. The number of rotatable bonds is 5. The summed E-state index contributed by atoms with van der Waals surface area (Å²) in [5.74, 6) is -0.487. The zero-order chi connectivity index (χ0) is 16.0. The van der Waals surface area contributed by atoms with Crippen molar-refractivity contribution in [1.82, 2.24) is 15.2 Å². The number of esters is 1. The van der Waals surface area contributed by atoms with Crippen molar-refractivity contribution in [3.05, 3.63) is 29.6 Å². The molecule has 1 heterocycles. The van der Waals surface area contributed by atoms with Gasteiger partial charge in [-0.1, -0.05) is 19.9 Å². The van der Waals surface area contributed by atoms with E-state index in [1.54, 1.807) is 19.4 Å². The van der Waals surface area contributed by atoms with Crippen molar-refractivity contribution in [2.75, 3.05) is 14.2 Å². The molecule has 0 aromatic carbocycles. The topological polar surface area (TPSA) is 71.5 Å². The van der Waals surface area contributed by atoms with Crippen molar-refractivity contribution in [2.45, 2.75) is 33.4 Å². The lowest BCUT2D eigenvalue weighted by molar-refractivity contribution is -0.144. The fraction of sp³-hybridized carbons (Fsp3) is 0.533. The van der Waals surface area contributed by atoms with Crippen LogP contribution in [0.25, 0.3) is 0 Å². The molecule has 0 radical (unpaired) electrons. The molecule has 1 atom stereocenters. The third-order valence-electron chi connectivity index (χ3n) is 3.10.